The topological polar surface area (TPSA) is 66.6 Å². The molecule has 2 heterocycles. The van der Waals surface area contributed by atoms with Gasteiger partial charge in [0.1, 0.15) is 6.26 Å². The molecule has 0 spiro atoms. The van der Waals surface area contributed by atoms with Gasteiger partial charge in [0.2, 0.25) is 5.91 Å². The SMILES string of the molecule is O=C(Cc1ccon1)N1CCC(C(O)C(F)(F)F)CC1. The lowest BCUT2D eigenvalue weighted by atomic mass is 9.90. The molecule has 1 aliphatic rings. The molecule has 112 valence electrons. The van der Waals surface area contributed by atoms with E-state index >= 15 is 0 Å². The number of carbonyl (C=O) groups is 1. The summed E-state index contributed by atoms with van der Waals surface area (Å²) in [5, 5.41) is 12.8. The Bertz CT molecular complexity index is 439. The number of likely N-dealkylation sites (tertiary alicyclic amines) is 1. The second kappa shape index (κ2) is 5.82. The number of piperidine rings is 1. The molecule has 0 bridgehead atoms. The number of aliphatic hydroxyl groups excluding tert-OH is 1. The van der Waals surface area contributed by atoms with E-state index in [1.807, 2.05) is 0 Å². The van der Waals surface area contributed by atoms with Crippen molar-refractivity contribution in [3.05, 3.63) is 18.0 Å². The van der Waals surface area contributed by atoms with Gasteiger partial charge in [-0.1, -0.05) is 5.16 Å². The van der Waals surface area contributed by atoms with Gasteiger partial charge in [-0.05, 0) is 18.8 Å². The quantitative estimate of drug-likeness (QED) is 0.914. The van der Waals surface area contributed by atoms with Crippen LogP contribution in [0.3, 0.4) is 0 Å². The van der Waals surface area contributed by atoms with Crippen LogP contribution in [0.5, 0.6) is 0 Å². The van der Waals surface area contributed by atoms with Gasteiger partial charge < -0.3 is 14.5 Å². The van der Waals surface area contributed by atoms with Crippen LogP contribution in [0.2, 0.25) is 0 Å². The zero-order valence-corrected chi connectivity index (χ0v) is 10.6. The lowest BCUT2D eigenvalue weighted by Crippen LogP contribution is -2.45. The molecule has 8 heteroatoms. The second-order valence-corrected chi connectivity index (χ2v) is 4.87. The lowest BCUT2D eigenvalue weighted by molar-refractivity contribution is -0.222. The first-order valence-electron chi connectivity index (χ1n) is 6.29. The summed E-state index contributed by atoms with van der Waals surface area (Å²) in [6, 6.07) is 1.57. The molecular formula is C12H15F3N2O3. The van der Waals surface area contributed by atoms with Crippen LogP contribution in [0.1, 0.15) is 18.5 Å². The Morgan fingerprint density at radius 1 is 1.50 bits per heavy atom. The van der Waals surface area contributed by atoms with Gasteiger partial charge in [-0.3, -0.25) is 4.79 Å². The van der Waals surface area contributed by atoms with E-state index in [9.17, 15) is 23.1 Å². The van der Waals surface area contributed by atoms with E-state index in [1.165, 1.54) is 11.2 Å². The molecule has 1 aromatic heterocycles. The fourth-order valence-corrected chi connectivity index (χ4v) is 2.33. The number of carbonyl (C=O) groups excluding carboxylic acids is 1. The number of hydrogen-bond donors (Lipinski definition) is 1. The number of alkyl halides is 3. The van der Waals surface area contributed by atoms with E-state index in [0.29, 0.717) is 5.69 Å². The maximum Gasteiger partial charge on any atom is 0.414 e. The summed E-state index contributed by atoms with van der Waals surface area (Å²) >= 11 is 0. The molecule has 1 N–H and O–H groups in total. The van der Waals surface area contributed by atoms with Crippen LogP contribution in [0.25, 0.3) is 0 Å². The minimum atomic E-state index is -4.60. The third-order valence-electron chi connectivity index (χ3n) is 3.50. The predicted octanol–water partition coefficient (Wildman–Crippen LogP) is 1.38. The van der Waals surface area contributed by atoms with Gasteiger partial charge in [-0.2, -0.15) is 13.2 Å². The smallest absolute Gasteiger partial charge is 0.383 e. The summed E-state index contributed by atoms with van der Waals surface area (Å²) in [6.07, 6.45) is -5.19. The van der Waals surface area contributed by atoms with E-state index in [2.05, 4.69) is 9.68 Å². The number of halogens is 3. The minimum absolute atomic E-state index is 0.0724. The fraction of sp³-hybridized carbons (Fsp3) is 0.667. The largest absolute Gasteiger partial charge is 0.414 e. The lowest BCUT2D eigenvalue weighted by Gasteiger charge is -2.34. The monoisotopic (exact) mass is 292 g/mol. The third kappa shape index (κ3) is 3.50. The summed E-state index contributed by atoms with van der Waals surface area (Å²) in [5.41, 5.74) is 0.493. The van der Waals surface area contributed by atoms with Crippen molar-refractivity contribution in [3.8, 4) is 0 Å². The van der Waals surface area contributed by atoms with Crippen molar-refractivity contribution in [1.82, 2.24) is 10.1 Å². The predicted molar refractivity (Wildman–Crippen MR) is 61.6 cm³/mol. The van der Waals surface area contributed by atoms with Crippen LogP contribution < -0.4 is 0 Å². The van der Waals surface area contributed by atoms with Crippen molar-refractivity contribution >= 4 is 5.91 Å². The summed E-state index contributed by atoms with van der Waals surface area (Å²) < 4.78 is 41.8. The number of nitrogens with zero attached hydrogens (tertiary/aromatic N) is 2. The van der Waals surface area contributed by atoms with E-state index < -0.39 is 18.2 Å². The Kier molecular flexibility index (Phi) is 4.32. The highest BCUT2D eigenvalue weighted by atomic mass is 19.4. The van der Waals surface area contributed by atoms with Crippen LogP contribution in [-0.4, -0.2) is 46.4 Å². The second-order valence-electron chi connectivity index (χ2n) is 4.87. The van der Waals surface area contributed by atoms with E-state index in [0.717, 1.165) is 0 Å². The molecule has 0 aliphatic carbocycles. The highest BCUT2D eigenvalue weighted by Gasteiger charge is 2.44. The van der Waals surface area contributed by atoms with Gasteiger partial charge in [0.15, 0.2) is 6.10 Å². The molecule has 1 amide bonds. The first-order chi connectivity index (χ1) is 9.38. The van der Waals surface area contributed by atoms with Crippen LogP contribution in [0, 0.1) is 5.92 Å². The number of amides is 1. The van der Waals surface area contributed by atoms with Gasteiger partial charge in [0, 0.05) is 19.2 Å². The van der Waals surface area contributed by atoms with Crippen LogP contribution >= 0.6 is 0 Å². The summed E-state index contributed by atoms with van der Waals surface area (Å²) in [7, 11) is 0. The Morgan fingerprint density at radius 3 is 2.65 bits per heavy atom. The van der Waals surface area contributed by atoms with Crippen molar-refractivity contribution in [2.24, 2.45) is 5.92 Å². The molecule has 0 saturated carbocycles. The third-order valence-corrected chi connectivity index (χ3v) is 3.50. The molecule has 1 aliphatic heterocycles. The summed E-state index contributed by atoms with van der Waals surface area (Å²) in [5.74, 6) is -1.04. The Morgan fingerprint density at radius 2 is 2.15 bits per heavy atom. The van der Waals surface area contributed by atoms with Gasteiger partial charge in [0.05, 0.1) is 12.1 Å². The van der Waals surface area contributed by atoms with Crippen molar-refractivity contribution in [3.63, 3.8) is 0 Å². The van der Waals surface area contributed by atoms with E-state index in [1.54, 1.807) is 6.07 Å². The molecular weight excluding hydrogens is 277 g/mol. The minimum Gasteiger partial charge on any atom is -0.383 e. The molecule has 2 rings (SSSR count). The number of aromatic nitrogens is 1. The Balaban J connectivity index is 1.83. The standard InChI is InChI=1S/C12H15F3N2O3/c13-12(14,15)11(19)8-1-4-17(5-2-8)10(18)7-9-3-6-20-16-9/h3,6,8,11,19H,1-2,4-5,7H2. The van der Waals surface area contributed by atoms with Gasteiger partial charge in [0.25, 0.3) is 0 Å². The molecule has 5 nitrogen and oxygen atoms in total. The van der Waals surface area contributed by atoms with Crippen molar-refractivity contribution in [2.75, 3.05) is 13.1 Å². The van der Waals surface area contributed by atoms with Crippen LogP contribution in [0.15, 0.2) is 16.9 Å². The summed E-state index contributed by atoms with van der Waals surface area (Å²) in [4.78, 5) is 13.4. The maximum absolute atomic E-state index is 12.4. The normalized spacial score (nSPS) is 19.1. The van der Waals surface area contributed by atoms with Gasteiger partial charge in [-0.25, -0.2) is 0 Å². The molecule has 20 heavy (non-hydrogen) atoms. The Labute approximate surface area is 113 Å². The Hall–Kier alpha value is -1.57. The highest BCUT2D eigenvalue weighted by Crippen LogP contribution is 2.31. The summed E-state index contributed by atoms with van der Waals surface area (Å²) in [6.45, 7) is 0.434. The average molecular weight is 292 g/mol. The zero-order chi connectivity index (χ0) is 14.8. The first-order valence-corrected chi connectivity index (χ1v) is 6.29. The van der Waals surface area contributed by atoms with Crippen LogP contribution in [0.4, 0.5) is 13.2 Å². The average Bonchev–Trinajstić information content (AvgIpc) is 2.90. The molecule has 1 atom stereocenters. The van der Waals surface area contributed by atoms with Gasteiger partial charge >= 0.3 is 6.18 Å². The van der Waals surface area contributed by atoms with Crippen LogP contribution in [-0.2, 0) is 11.2 Å². The molecule has 0 aromatic carbocycles. The van der Waals surface area contributed by atoms with Crippen molar-refractivity contribution < 1.29 is 27.6 Å². The van der Waals surface area contributed by atoms with E-state index in [4.69, 9.17) is 0 Å². The maximum atomic E-state index is 12.4. The van der Waals surface area contributed by atoms with Crippen molar-refractivity contribution in [1.29, 1.82) is 0 Å². The molecule has 0 radical (unpaired) electrons. The van der Waals surface area contributed by atoms with Crippen molar-refractivity contribution in [2.45, 2.75) is 31.5 Å². The zero-order valence-electron chi connectivity index (χ0n) is 10.6. The first kappa shape index (κ1) is 14.8. The fourth-order valence-electron chi connectivity index (χ4n) is 2.33. The molecule has 1 fully saturated rings. The number of aliphatic hydroxyl groups is 1. The number of rotatable bonds is 3. The van der Waals surface area contributed by atoms with Gasteiger partial charge in [-0.15, -0.1) is 0 Å². The molecule has 1 saturated heterocycles. The molecule has 1 aromatic rings. The number of hydrogen-bond acceptors (Lipinski definition) is 4. The highest BCUT2D eigenvalue weighted by molar-refractivity contribution is 5.78. The van der Waals surface area contributed by atoms with E-state index in [-0.39, 0.29) is 38.3 Å². The molecule has 1 unspecified atom stereocenters.